The van der Waals surface area contributed by atoms with Crippen molar-refractivity contribution in [3.63, 3.8) is 0 Å². The lowest BCUT2D eigenvalue weighted by Gasteiger charge is -2.17. The molecule has 1 amide bonds. The number of aromatic nitrogens is 2. The maximum atomic E-state index is 12.0. The summed E-state index contributed by atoms with van der Waals surface area (Å²) < 4.78 is 0. The van der Waals surface area contributed by atoms with E-state index < -0.39 is 0 Å². The fraction of sp³-hybridized carbons (Fsp3) is 0.211. The first-order chi connectivity index (χ1) is 11.7. The third-order valence-electron chi connectivity index (χ3n) is 4.28. The SMILES string of the molecule is Cc1cccc(Nc2ncnc3ccc(N4CCCC4=O)cc23)c1. The molecule has 0 atom stereocenters. The van der Waals surface area contributed by atoms with E-state index in [1.54, 1.807) is 6.33 Å². The lowest BCUT2D eigenvalue weighted by Crippen LogP contribution is -2.23. The summed E-state index contributed by atoms with van der Waals surface area (Å²) in [6, 6.07) is 14.0. The normalized spacial score (nSPS) is 14.4. The van der Waals surface area contributed by atoms with Crippen LogP contribution in [0.25, 0.3) is 10.9 Å². The Balaban J connectivity index is 1.76. The molecule has 0 aliphatic carbocycles. The molecule has 0 spiro atoms. The van der Waals surface area contributed by atoms with Gasteiger partial charge in [-0.2, -0.15) is 0 Å². The maximum Gasteiger partial charge on any atom is 0.227 e. The number of nitrogens with one attached hydrogen (secondary N) is 1. The Morgan fingerprint density at radius 3 is 2.83 bits per heavy atom. The average Bonchev–Trinajstić information content (AvgIpc) is 3.01. The van der Waals surface area contributed by atoms with E-state index in [1.807, 2.05) is 35.2 Å². The van der Waals surface area contributed by atoms with Gasteiger partial charge in [0.15, 0.2) is 0 Å². The van der Waals surface area contributed by atoms with E-state index in [0.29, 0.717) is 6.42 Å². The highest BCUT2D eigenvalue weighted by atomic mass is 16.2. The number of amides is 1. The van der Waals surface area contributed by atoms with Crippen LogP contribution in [-0.4, -0.2) is 22.4 Å². The summed E-state index contributed by atoms with van der Waals surface area (Å²) in [5.74, 6) is 0.929. The van der Waals surface area contributed by atoms with Gasteiger partial charge in [0.05, 0.1) is 5.52 Å². The zero-order valence-electron chi connectivity index (χ0n) is 13.5. The first-order valence-electron chi connectivity index (χ1n) is 8.09. The van der Waals surface area contributed by atoms with Crippen molar-refractivity contribution in [2.75, 3.05) is 16.8 Å². The van der Waals surface area contributed by atoms with Crippen LogP contribution < -0.4 is 10.2 Å². The second kappa shape index (κ2) is 5.92. The van der Waals surface area contributed by atoms with E-state index in [1.165, 1.54) is 5.56 Å². The monoisotopic (exact) mass is 318 g/mol. The summed E-state index contributed by atoms with van der Waals surface area (Å²) in [4.78, 5) is 22.6. The number of hydrogen-bond donors (Lipinski definition) is 1. The number of anilines is 3. The quantitative estimate of drug-likeness (QED) is 0.798. The van der Waals surface area contributed by atoms with E-state index in [4.69, 9.17) is 0 Å². The summed E-state index contributed by atoms with van der Waals surface area (Å²) >= 11 is 0. The minimum atomic E-state index is 0.180. The Morgan fingerprint density at radius 1 is 1.12 bits per heavy atom. The van der Waals surface area contributed by atoms with Crippen LogP contribution in [-0.2, 0) is 4.79 Å². The Hall–Kier alpha value is -2.95. The van der Waals surface area contributed by atoms with Crippen LogP contribution in [0.2, 0.25) is 0 Å². The Kier molecular flexibility index (Phi) is 3.61. The molecule has 24 heavy (non-hydrogen) atoms. The van der Waals surface area contributed by atoms with E-state index in [2.05, 4.69) is 34.3 Å². The molecule has 0 unspecified atom stereocenters. The highest BCUT2D eigenvalue weighted by Crippen LogP contribution is 2.29. The second-order valence-electron chi connectivity index (χ2n) is 6.07. The van der Waals surface area contributed by atoms with Gasteiger partial charge >= 0.3 is 0 Å². The first kappa shape index (κ1) is 14.6. The topological polar surface area (TPSA) is 58.1 Å². The molecule has 2 aromatic carbocycles. The Labute approximate surface area is 140 Å². The van der Waals surface area contributed by atoms with E-state index >= 15 is 0 Å². The maximum absolute atomic E-state index is 12.0. The van der Waals surface area contributed by atoms with Crippen LogP contribution in [0.1, 0.15) is 18.4 Å². The first-order valence-corrected chi connectivity index (χ1v) is 8.09. The second-order valence-corrected chi connectivity index (χ2v) is 6.07. The Bertz CT molecular complexity index is 922. The molecule has 1 saturated heterocycles. The van der Waals surface area contributed by atoms with Crippen molar-refractivity contribution < 1.29 is 4.79 Å². The molecule has 120 valence electrons. The van der Waals surface area contributed by atoms with Crippen LogP contribution in [0.4, 0.5) is 17.2 Å². The van der Waals surface area contributed by atoms with Crippen molar-refractivity contribution in [1.82, 2.24) is 9.97 Å². The third kappa shape index (κ3) is 2.69. The number of nitrogens with zero attached hydrogens (tertiary/aromatic N) is 3. The summed E-state index contributed by atoms with van der Waals surface area (Å²) in [6.45, 7) is 2.83. The average molecular weight is 318 g/mol. The van der Waals surface area contributed by atoms with Gasteiger partial charge in [-0.15, -0.1) is 0 Å². The van der Waals surface area contributed by atoms with Gasteiger partial charge in [-0.05, 0) is 49.2 Å². The van der Waals surface area contributed by atoms with Gasteiger partial charge < -0.3 is 10.2 Å². The van der Waals surface area contributed by atoms with Gasteiger partial charge in [0.2, 0.25) is 5.91 Å². The van der Waals surface area contributed by atoms with Crippen molar-refractivity contribution in [3.8, 4) is 0 Å². The largest absolute Gasteiger partial charge is 0.340 e. The molecule has 1 fully saturated rings. The molecule has 1 aromatic heterocycles. The minimum Gasteiger partial charge on any atom is -0.340 e. The zero-order chi connectivity index (χ0) is 16.5. The van der Waals surface area contributed by atoms with Crippen molar-refractivity contribution in [2.24, 2.45) is 0 Å². The summed E-state index contributed by atoms with van der Waals surface area (Å²) in [6.07, 6.45) is 3.09. The predicted molar refractivity (Wildman–Crippen MR) is 95.6 cm³/mol. The molecule has 1 aliphatic rings. The summed E-state index contributed by atoms with van der Waals surface area (Å²) in [5.41, 5.74) is 3.93. The van der Waals surface area contributed by atoms with E-state index in [-0.39, 0.29) is 5.91 Å². The molecule has 5 heteroatoms. The van der Waals surface area contributed by atoms with Crippen molar-refractivity contribution >= 4 is 34.0 Å². The molecule has 0 radical (unpaired) electrons. The van der Waals surface area contributed by atoms with Crippen molar-refractivity contribution in [1.29, 1.82) is 0 Å². The number of carbonyl (C=O) groups excluding carboxylic acids is 1. The molecule has 3 aromatic rings. The number of benzene rings is 2. The third-order valence-corrected chi connectivity index (χ3v) is 4.28. The summed E-state index contributed by atoms with van der Waals surface area (Å²) in [5, 5.41) is 4.28. The lowest BCUT2D eigenvalue weighted by atomic mass is 10.2. The van der Waals surface area contributed by atoms with E-state index in [0.717, 1.165) is 41.1 Å². The van der Waals surface area contributed by atoms with Gasteiger partial charge in [0.25, 0.3) is 0 Å². The molecular formula is C19H18N4O. The standard InChI is InChI=1S/C19H18N4O/c1-13-4-2-5-14(10-13)22-19-16-11-15(23-9-3-6-18(23)24)7-8-17(16)20-12-21-19/h2,4-5,7-8,10-12H,3,6,9H2,1H3,(H,20,21,22). The Morgan fingerprint density at radius 2 is 2.04 bits per heavy atom. The van der Waals surface area contributed by atoms with Crippen molar-refractivity contribution in [2.45, 2.75) is 19.8 Å². The number of fused-ring (bicyclic) bond motifs is 1. The summed E-state index contributed by atoms with van der Waals surface area (Å²) in [7, 11) is 0. The van der Waals surface area contributed by atoms with Crippen LogP contribution in [0.5, 0.6) is 0 Å². The van der Waals surface area contributed by atoms with Gasteiger partial charge in [-0.1, -0.05) is 12.1 Å². The highest BCUT2D eigenvalue weighted by molar-refractivity contribution is 5.99. The van der Waals surface area contributed by atoms with Crippen LogP contribution >= 0.6 is 0 Å². The van der Waals surface area contributed by atoms with Gasteiger partial charge in [0, 0.05) is 29.7 Å². The van der Waals surface area contributed by atoms with Crippen LogP contribution in [0.15, 0.2) is 48.8 Å². The highest BCUT2D eigenvalue weighted by Gasteiger charge is 2.22. The predicted octanol–water partition coefficient (Wildman–Crippen LogP) is 3.81. The number of carbonyl (C=O) groups is 1. The molecule has 1 N–H and O–H groups in total. The zero-order valence-corrected chi connectivity index (χ0v) is 13.5. The molecule has 4 rings (SSSR count). The van der Waals surface area contributed by atoms with Gasteiger partial charge in [-0.3, -0.25) is 4.79 Å². The van der Waals surface area contributed by atoms with Crippen molar-refractivity contribution in [3.05, 3.63) is 54.4 Å². The smallest absolute Gasteiger partial charge is 0.227 e. The molecule has 0 bridgehead atoms. The number of hydrogen-bond acceptors (Lipinski definition) is 4. The van der Waals surface area contributed by atoms with Gasteiger partial charge in [-0.25, -0.2) is 9.97 Å². The minimum absolute atomic E-state index is 0.180. The van der Waals surface area contributed by atoms with Crippen LogP contribution in [0.3, 0.4) is 0 Å². The van der Waals surface area contributed by atoms with E-state index in [9.17, 15) is 4.79 Å². The fourth-order valence-corrected chi connectivity index (χ4v) is 3.09. The number of aryl methyl sites for hydroxylation is 1. The lowest BCUT2D eigenvalue weighted by molar-refractivity contribution is -0.117. The molecule has 5 nitrogen and oxygen atoms in total. The molecule has 2 heterocycles. The number of rotatable bonds is 3. The molecule has 0 saturated carbocycles. The molecular weight excluding hydrogens is 300 g/mol. The van der Waals surface area contributed by atoms with Gasteiger partial charge in [0.1, 0.15) is 12.1 Å². The fourth-order valence-electron chi connectivity index (χ4n) is 3.09. The molecule has 1 aliphatic heterocycles. The van der Waals surface area contributed by atoms with Crippen LogP contribution in [0, 0.1) is 6.92 Å².